The van der Waals surface area contributed by atoms with Gasteiger partial charge >= 0.3 is 5.97 Å². The summed E-state index contributed by atoms with van der Waals surface area (Å²) in [6, 6.07) is 0. The van der Waals surface area contributed by atoms with E-state index in [0.717, 1.165) is 6.08 Å². The normalized spacial score (nSPS) is 15.4. The number of carbonyl (C=O) groups is 3. The highest BCUT2D eigenvalue weighted by molar-refractivity contribution is 6.02. The molecule has 84 valence electrons. The Morgan fingerprint density at radius 1 is 1.50 bits per heavy atom. The van der Waals surface area contributed by atoms with E-state index in [9.17, 15) is 14.4 Å². The molecule has 1 saturated heterocycles. The average molecular weight is 224 g/mol. The lowest BCUT2D eigenvalue weighted by molar-refractivity contribution is -0.193. The van der Waals surface area contributed by atoms with Crippen LogP contribution < -0.4 is 0 Å². The molecule has 8 nitrogen and oxygen atoms in total. The van der Waals surface area contributed by atoms with Crippen molar-refractivity contribution in [3.63, 3.8) is 0 Å². The number of hydrogen-bond donors (Lipinski definition) is 0. The maximum Gasteiger partial charge on any atom is 0.356 e. The third-order valence-corrected chi connectivity index (χ3v) is 1.69. The summed E-state index contributed by atoms with van der Waals surface area (Å²) in [5.41, 5.74) is 7.94. The van der Waals surface area contributed by atoms with Crippen LogP contribution in [0.5, 0.6) is 0 Å². The maximum atomic E-state index is 11.1. The second kappa shape index (κ2) is 5.52. The molecule has 0 radical (unpaired) electrons. The van der Waals surface area contributed by atoms with Gasteiger partial charge in [-0.15, -0.1) is 5.06 Å². The van der Waals surface area contributed by atoms with Crippen LogP contribution in [0.1, 0.15) is 12.8 Å². The van der Waals surface area contributed by atoms with Crippen LogP contribution in [0, 0.1) is 0 Å². The van der Waals surface area contributed by atoms with Crippen molar-refractivity contribution in [1.82, 2.24) is 5.06 Å². The Labute approximate surface area is 90.0 Å². The Hall–Kier alpha value is -2.34. The molecule has 1 heterocycles. The van der Waals surface area contributed by atoms with Gasteiger partial charge in [-0.05, 0) is 5.53 Å². The predicted octanol–water partition coefficient (Wildman–Crippen LogP) is 0.460. The monoisotopic (exact) mass is 224 g/mol. The minimum absolute atomic E-state index is 0.00646. The van der Waals surface area contributed by atoms with E-state index in [1.807, 2.05) is 0 Å². The van der Waals surface area contributed by atoms with E-state index in [0.29, 0.717) is 5.06 Å². The number of nitrogens with zero attached hydrogens (tertiary/aromatic N) is 4. The topological polar surface area (TPSA) is 112 Å². The van der Waals surface area contributed by atoms with Crippen LogP contribution in [0.15, 0.2) is 17.3 Å². The van der Waals surface area contributed by atoms with Crippen molar-refractivity contribution in [2.75, 3.05) is 6.54 Å². The van der Waals surface area contributed by atoms with Crippen LogP contribution in [0.2, 0.25) is 0 Å². The molecule has 0 aromatic heterocycles. The first-order chi connectivity index (χ1) is 7.65. The SMILES string of the molecule is [N-]=[N+]=NCC=CC(=O)ON1C(=O)CCC1=O. The largest absolute Gasteiger partial charge is 0.356 e. The second-order valence-electron chi connectivity index (χ2n) is 2.81. The van der Waals surface area contributed by atoms with Crippen molar-refractivity contribution in [3.05, 3.63) is 22.6 Å². The number of imide groups is 1. The van der Waals surface area contributed by atoms with Crippen LogP contribution in [0.3, 0.4) is 0 Å². The number of amides is 2. The molecule has 0 spiro atoms. The van der Waals surface area contributed by atoms with E-state index in [4.69, 9.17) is 5.53 Å². The van der Waals surface area contributed by atoms with Gasteiger partial charge in [-0.1, -0.05) is 11.2 Å². The summed E-state index contributed by atoms with van der Waals surface area (Å²) in [6.45, 7) is -0.00646. The van der Waals surface area contributed by atoms with Crippen molar-refractivity contribution in [1.29, 1.82) is 0 Å². The van der Waals surface area contributed by atoms with Crippen molar-refractivity contribution in [2.24, 2.45) is 5.11 Å². The van der Waals surface area contributed by atoms with E-state index >= 15 is 0 Å². The smallest absolute Gasteiger partial charge is 0.326 e. The van der Waals surface area contributed by atoms with E-state index in [1.54, 1.807) is 0 Å². The summed E-state index contributed by atoms with van der Waals surface area (Å²) in [5.74, 6) is -1.94. The molecule has 1 fully saturated rings. The summed E-state index contributed by atoms with van der Waals surface area (Å²) in [4.78, 5) is 40.1. The number of hydroxylamine groups is 2. The third kappa shape index (κ3) is 3.10. The lowest BCUT2D eigenvalue weighted by Gasteiger charge is -2.10. The quantitative estimate of drug-likeness (QED) is 0.227. The molecular formula is C8H8N4O4. The molecule has 0 N–H and O–H groups in total. The number of azide groups is 1. The van der Waals surface area contributed by atoms with Gasteiger partial charge in [0.2, 0.25) is 0 Å². The Morgan fingerprint density at radius 2 is 2.12 bits per heavy atom. The molecule has 0 aromatic rings. The molecule has 0 aromatic carbocycles. The maximum absolute atomic E-state index is 11.1. The fraction of sp³-hybridized carbons (Fsp3) is 0.375. The van der Waals surface area contributed by atoms with E-state index < -0.39 is 17.8 Å². The van der Waals surface area contributed by atoms with Gasteiger partial charge in [0.05, 0.1) is 0 Å². The predicted molar refractivity (Wildman–Crippen MR) is 50.3 cm³/mol. The Kier molecular flexibility index (Phi) is 4.05. The molecular weight excluding hydrogens is 216 g/mol. The van der Waals surface area contributed by atoms with Gasteiger partial charge < -0.3 is 4.84 Å². The minimum atomic E-state index is -0.864. The molecule has 16 heavy (non-hydrogen) atoms. The highest BCUT2D eigenvalue weighted by Gasteiger charge is 2.32. The van der Waals surface area contributed by atoms with Gasteiger partial charge in [0.1, 0.15) is 0 Å². The molecule has 0 saturated carbocycles. The molecule has 0 aliphatic carbocycles. The molecule has 0 bridgehead atoms. The van der Waals surface area contributed by atoms with E-state index in [2.05, 4.69) is 14.9 Å². The molecule has 0 unspecified atom stereocenters. The van der Waals surface area contributed by atoms with Gasteiger partial charge in [0.25, 0.3) is 11.8 Å². The van der Waals surface area contributed by atoms with Gasteiger partial charge in [0, 0.05) is 30.4 Å². The fourth-order valence-electron chi connectivity index (χ4n) is 1.01. The summed E-state index contributed by atoms with van der Waals surface area (Å²) < 4.78 is 0. The Morgan fingerprint density at radius 3 is 2.69 bits per heavy atom. The summed E-state index contributed by atoms with van der Waals surface area (Å²) in [7, 11) is 0. The van der Waals surface area contributed by atoms with Crippen LogP contribution in [-0.2, 0) is 19.2 Å². The second-order valence-corrected chi connectivity index (χ2v) is 2.81. The zero-order valence-electron chi connectivity index (χ0n) is 8.20. The van der Waals surface area contributed by atoms with Crippen molar-refractivity contribution >= 4 is 17.8 Å². The molecule has 0 atom stereocenters. The summed E-state index contributed by atoms with van der Waals surface area (Å²) in [6.07, 6.45) is 2.34. The number of rotatable bonds is 4. The lowest BCUT2D eigenvalue weighted by Crippen LogP contribution is -2.31. The van der Waals surface area contributed by atoms with Crippen molar-refractivity contribution < 1.29 is 19.2 Å². The first-order valence-electron chi connectivity index (χ1n) is 4.40. The number of carbonyl (C=O) groups excluding carboxylic acids is 3. The van der Waals surface area contributed by atoms with Crippen molar-refractivity contribution in [3.8, 4) is 0 Å². The zero-order chi connectivity index (χ0) is 12.0. The molecule has 1 aliphatic rings. The summed E-state index contributed by atoms with van der Waals surface area (Å²) in [5, 5.41) is 3.59. The minimum Gasteiger partial charge on any atom is -0.326 e. The third-order valence-electron chi connectivity index (χ3n) is 1.69. The molecule has 1 rings (SSSR count). The van der Waals surface area contributed by atoms with Crippen molar-refractivity contribution in [2.45, 2.75) is 12.8 Å². The van der Waals surface area contributed by atoms with Gasteiger partial charge in [-0.2, -0.15) is 0 Å². The average Bonchev–Trinajstić information content (AvgIpc) is 2.56. The highest BCUT2D eigenvalue weighted by atomic mass is 16.7. The van der Waals surface area contributed by atoms with E-state index in [-0.39, 0.29) is 19.4 Å². The lowest BCUT2D eigenvalue weighted by atomic mass is 10.4. The molecule has 1 aliphatic heterocycles. The number of hydrogen-bond acceptors (Lipinski definition) is 5. The Bertz CT molecular complexity index is 381. The van der Waals surface area contributed by atoms with Crippen LogP contribution in [0.25, 0.3) is 10.4 Å². The Balaban J connectivity index is 2.45. The van der Waals surface area contributed by atoms with Crippen LogP contribution in [-0.4, -0.2) is 29.4 Å². The zero-order valence-corrected chi connectivity index (χ0v) is 8.20. The van der Waals surface area contributed by atoms with Crippen LogP contribution >= 0.6 is 0 Å². The first-order valence-corrected chi connectivity index (χ1v) is 4.40. The highest BCUT2D eigenvalue weighted by Crippen LogP contribution is 2.11. The van der Waals surface area contributed by atoms with Crippen LogP contribution in [0.4, 0.5) is 0 Å². The molecule has 8 heteroatoms. The first kappa shape index (κ1) is 11.7. The van der Waals surface area contributed by atoms with Gasteiger partial charge in [-0.25, -0.2) is 4.79 Å². The van der Waals surface area contributed by atoms with E-state index in [1.165, 1.54) is 6.08 Å². The molecule has 2 amide bonds. The summed E-state index contributed by atoms with van der Waals surface area (Å²) >= 11 is 0. The van der Waals surface area contributed by atoms with Gasteiger partial charge in [0.15, 0.2) is 0 Å². The standard InChI is InChI=1S/C8H8N4O4/c9-11-10-5-1-2-8(15)16-12-6(13)3-4-7(12)14/h1-2H,3-5H2. The fourth-order valence-corrected chi connectivity index (χ4v) is 1.01. The van der Waals surface area contributed by atoms with Gasteiger partial charge in [-0.3, -0.25) is 9.59 Å².